The summed E-state index contributed by atoms with van der Waals surface area (Å²) in [7, 11) is -2.46. The van der Waals surface area contributed by atoms with Crippen LogP contribution >= 0.6 is 8.25 Å². The van der Waals surface area contributed by atoms with Gasteiger partial charge in [-0.15, -0.1) is 9.05 Å². The van der Waals surface area contributed by atoms with Crippen molar-refractivity contribution in [3.05, 3.63) is 107 Å². The van der Waals surface area contributed by atoms with Crippen molar-refractivity contribution in [3.8, 4) is 11.1 Å². The largest absolute Gasteiger partial charge is 0.699 e. The van der Waals surface area contributed by atoms with Gasteiger partial charge in [-0.25, -0.2) is 0 Å². The molecule has 1 aliphatic heterocycles. The summed E-state index contributed by atoms with van der Waals surface area (Å²) in [5, 5.41) is 0. The highest BCUT2D eigenvalue weighted by Crippen LogP contribution is 2.59. The topological polar surface area (TPSA) is 35.5 Å². The van der Waals surface area contributed by atoms with Crippen molar-refractivity contribution < 1.29 is 13.6 Å². The van der Waals surface area contributed by atoms with Crippen LogP contribution in [0.3, 0.4) is 0 Å². The summed E-state index contributed by atoms with van der Waals surface area (Å²) >= 11 is 0. The predicted octanol–water partition coefficient (Wildman–Crippen LogP) is 9.31. The monoisotopic (exact) mass is 499 g/mol. The van der Waals surface area contributed by atoms with Gasteiger partial charge in [-0.2, -0.15) is 0 Å². The van der Waals surface area contributed by atoms with Crippen LogP contribution in [0.5, 0.6) is 0 Å². The zero-order chi connectivity index (χ0) is 25.7. The Kier molecular flexibility index (Phi) is 6.53. The molecule has 4 heteroatoms. The summed E-state index contributed by atoms with van der Waals surface area (Å²) in [5.41, 5.74) is 6.93. The summed E-state index contributed by atoms with van der Waals surface area (Å²) in [5.74, 6) is 0.471. The van der Waals surface area contributed by atoms with E-state index in [2.05, 4.69) is 102 Å². The lowest BCUT2D eigenvalue weighted by Crippen LogP contribution is -2.36. The molecule has 3 aliphatic rings. The third kappa shape index (κ3) is 3.98. The lowest BCUT2D eigenvalue weighted by molar-refractivity contribution is 0.0177. The molecule has 0 fully saturated rings. The van der Waals surface area contributed by atoms with E-state index in [1.807, 2.05) is 0 Å². The summed E-state index contributed by atoms with van der Waals surface area (Å²) in [6.45, 7) is 16.8. The van der Waals surface area contributed by atoms with E-state index < -0.39 is 19.5 Å². The Morgan fingerprint density at radius 1 is 0.778 bits per heavy atom. The fourth-order valence-corrected chi connectivity index (χ4v) is 7.46. The van der Waals surface area contributed by atoms with Gasteiger partial charge in [0.15, 0.2) is 11.2 Å². The average Bonchev–Trinajstić information content (AvgIpc) is 2.89. The third-order valence-corrected chi connectivity index (χ3v) is 9.55. The molecule has 2 aliphatic carbocycles. The molecule has 0 bridgehead atoms. The van der Waals surface area contributed by atoms with E-state index in [-0.39, 0.29) is 11.8 Å². The number of hydrogen-bond acceptors (Lipinski definition) is 3. The molecule has 4 atom stereocenters. The minimum Gasteiger partial charge on any atom is -0.103 e. The van der Waals surface area contributed by atoms with E-state index >= 15 is 0 Å². The highest BCUT2D eigenvalue weighted by atomic mass is 31.1. The Labute approximate surface area is 216 Å². The first-order valence-corrected chi connectivity index (χ1v) is 14.0. The van der Waals surface area contributed by atoms with E-state index in [1.54, 1.807) is 0 Å². The van der Waals surface area contributed by atoms with Crippen molar-refractivity contribution in [2.45, 2.75) is 64.6 Å². The van der Waals surface area contributed by atoms with Crippen LogP contribution in [0.2, 0.25) is 0 Å². The molecule has 0 saturated carbocycles. The smallest absolute Gasteiger partial charge is 0.103 e. The summed E-state index contributed by atoms with van der Waals surface area (Å²) < 4.78 is 27.3. The van der Waals surface area contributed by atoms with Gasteiger partial charge in [-0.3, -0.25) is 0 Å². The highest BCUT2D eigenvalue weighted by Gasteiger charge is 2.56. The first-order valence-electron chi connectivity index (χ1n) is 12.9. The second kappa shape index (κ2) is 9.38. The molecule has 5 rings (SSSR count). The molecule has 0 radical (unpaired) electrons. The van der Waals surface area contributed by atoms with E-state index in [9.17, 15) is 4.57 Å². The molecule has 186 valence electrons. The molecule has 2 aromatic carbocycles. The second-order valence-electron chi connectivity index (χ2n) is 10.9. The number of hydrogen-bond donors (Lipinski definition) is 0. The number of benzene rings is 2. The van der Waals surface area contributed by atoms with Gasteiger partial charge in [-0.05, 0) is 87.5 Å². The maximum absolute atomic E-state index is 14.0. The van der Waals surface area contributed by atoms with Crippen molar-refractivity contribution in [2.75, 3.05) is 0 Å². The Hall–Kier alpha value is -2.58. The van der Waals surface area contributed by atoms with Crippen molar-refractivity contribution in [2.24, 2.45) is 11.8 Å². The summed E-state index contributed by atoms with van der Waals surface area (Å²) in [6.07, 6.45) is 7.65. The molecular formula is C32H36O3P+. The molecule has 2 aromatic rings. The second-order valence-corrected chi connectivity index (χ2v) is 11.7. The molecule has 0 aromatic heterocycles. The molecule has 3 nitrogen and oxygen atoms in total. The van der Waals surface area contributed by atoms with E-state index in [4.69, 9.17) is 9.05 Å². The normalized spacial score (nSPS) is 30.8. The zero-order valence-electron chi connectivity index (χ0n) is 21.8. The number of fused-ring (bicyclic) bond motifs is 5. The fourth-order valence-electron chi connectivity index (χ4n) is 6.28. The van der Waals surface area contributed by atoms with E-state index in [1.165, 1.54) is 0 Å². The summed E-state index contributed by atoms with van der Waals surface area (Å²) in [4.78, 5) is 0. The van der Waals surface area contributed by atoms with Crippen molar-refractivity contribution in [1.29, 1.82) is 0 Å². The molecule has 0 amide bonds. The molecule has 0 N–H and O–H groups in total. The number of rotatable bonds is 2. The highest BCUT2D eigenvalue weighted by molar-refractivity contribution is 7.33. The van der Waals surface area contributed by atoms with Crippen LogP contribution in [0.4, 0.5) is 0 Å². The minimum atomic E-state index is -2.46. The predicted molar refractivity (Wildman–Crippen MR) is 148 cm³/mol. The standard InChI is InChI=1S/C32H36O3P/c1-21(2)25-17-15-23(5)31(19-25)29-13-9-7-11-27(29)28-12-8-10-14-30(28)32(35-36(33)34-31)20-26(22(3)4)18-16-24(32)6/h7-16,25-26H,1,3,17-20H2,2,4-6H3/q+1. The van der Waals surface area contributed by atoms with Crippen LogP contribution < -0.4 is 0 Å². The zero-order valence-corrected chi connectivity index (χ0v) is 22.7. The average molecular weight is 500 g/mol. The van der Waals surface area contributed by atoms with Crippen molar-refractivity contribution >= 4 is 8.25 Å². The van der Waals surface area contributed by atoms with Crippen LogP contribution in [-0.4, -0.2) is 0 Å². The molecular weight excluding hydrogens is 463 g/mol. The number of allylic oxidation sites excluding steroid dienone is 4. The van der Waals surface area contributed by atoms with Gasteiger partial charge in [0.2, 0.25) is 0 Å². The Bertz CT molecular complexity index is 1220. The van der Waals surface area contributed by atoms with Gasteiger partial charge in [0, 0.05) is 15.7 Å². The van der Waals surface area contributed by atoms with E-state index in [0.29, 0.717) is 12.8 Å². The van der Waals surface area contributed by atoms with Crippen LogP contribution in [0, 0.1) is 11.8 Å². The fraction of sp³-hybridized carbons (Fsp3) is 0.375. The maximum atomic E-state index is 14.0. The Morgan fingerprint density at radius 3 is 1.56 bits per heavy atom. The van der Waals surface area contributed by atoms with Gasteiger partial charge in [0.1, 0.15) is 0 Å². The van der Waals surface area contributed by atoms with Crippen molar-refractivity contribution in [1.82, 2.24) is 0 Å². The first-order chi connectivity index (χ1) is 17.2. The Balaban J connectivity index is 1.81. The van der Waals surface area contributed by atoms with Crippen LogP contribution in [0.25, 0.3) is 11.1 Å². The lowest BCUT2D eigenvalue weighted by atomic mass is 9.68. The van der Waals surface area contributed by atoms with Gasteiger partial charge < -0.3 is 0 Å². The third-order valence-electron chi connectivity index (χ3n) is 8.63. The van der Waals surface area contributed by atoms with Gasteiger partial charge in [0.25, 0.3) is 0 Å². The van der Waals surface area contributed by atoms with Crippen LogP contribution in [-0.2, 0) is 24.8 Å². The Morgan fingerprint density at radius 2 is 1.17 bits per heavy atom. The van der Waals surface area contributed by atoms with Crippen molar-refractivity contribution in [3.63, 3.8) is 0 Å². The molecule has 4 unspecified atom stereocenters. The first kappa shape index (κ1) is 25.1. The lowest BCUT2D eigenvalue weighted by Gasteiger charge is -2.38. The molecule has 2 spiro atoms. The SMILES string of the molecule is C=C(C)C1CC=C(C)C2(C1)O[P+](=O)OC1(CC(C(=C)C)CC=C1C)c1ccccc1-c1ccccc12. The van der Waals surface area contributed by atoms with Crippen LogP contribution in [0.15, 0.2) is 96.1 Å². The van der Waals surface area contributed by atoms with Gasteiger partial charge in [-0.1, -0.05) is 85.0 Å². The molecule has 0 saturated heterocycles. The minimum absolute atomic E-state index is 0.235. The quantitative estimate of drug-likeness (QED) is 0.305. The molecule has 36 heavy (non-hydrogen) atoms. The van der Waals surface area contributed by atoms with E-state index in [0.717, 1.165) is 57.4 Å². The summed E-state index contributed by atoms with van der Waals surface area (Å²) in [6, 6.07) is 16.9. The van der Waals surface area contributed by atoms with Crippen LogP contribution in [0.1, 0.15) is 64.5 Å². The van der Waals surface area contributed by atoms with Gasteiger partial charge >= 0.3 is 8.25 Å². The van der Waals surface area contributed by atoms with Gasteiger partial charge in [0.05, 0.1) is 0 Å². The molecule has 1 heterocycles. The maximum Gasteiger partial charge on any atom is 0.699 e.